The van der Waals surface area contributed by atoms with Crippen molar-refractivity contribution in [3.05, 3.63) is 89.4 Å². The first-order chi connectivity index (χ1) is 18.5. The van der Waals surface area contributed by atoms with Gasteiger partial charge in [0.05, 0.1) is 5.69 Å². The van der Waals surface area contributed by atoms with Crippen molar-refractivity contribution in [2.24, 2.45) is 17.6 Å². The number of carbonyl (C=O) groups excluding carboxylic acids is 2. The molecule has 198 valence electrons. The number of Topliss-reactive ketones (excluding diaryl/α,β-unsaturated/α-hetero) is 1. The lowest BCUT2D eigenvalue weighted by molar-refractivity contribution is 0.0832. The van der Waals surface area contributed by atoms with Crippen LogP contribution in [0, 0.1) is 17.7 Å². The molecule has 0 radical (unpaired) electrons. The molecule has 3 aromatic rings. The number of likely N-dealkylation sites (tertiary alicyclic amines) is 1. The van der Waals surface area contributed by atoms with E-state index in [0.29, 0.717) is 23.0 Å². The SMILES string of the molecule is NC(=O)c1ccc(-c2ccccn2)cc1C1CCC(CCN2CCC(C(=O)c3ccc(F)cc3)CC2)CC1. The smallest absolute Gasteiger partial charge is 0.248 e. The second-order valence-electron chi connectivity index (χ2n) is 10.9. The summed E-state index contributed by atoms with van der Waals surface area (Å²) in [4.78, 5) is 31.9. The quantitative estimate of drug-likeness (QED) is 0.362. The van der Waals surface area contributed by atoms with E-state index in [1.54, 1.807) is 18.3 Å². The number of aromatic nitrogens is 1. The van der Waals surface area contributed by atoms with E-state index < -0.39 is 0 Å². The second-order valence-corrected chi connectivity index (χ2v) is 10.9. The summed E-state index contributed by atoms with van der Waals surface area (Å²) in [5.74, 6) is 0.526. The van der Waals surface area contributed by atoms with Gasteiger partial charge in [0.1, 0.15) is 5.82 Å². The molecule has 38 heavy (non-hydrogen) atoms. The van der Waals surface area contributed by atoms with Crippen LogP contribution in [0.1, 0.15) is 77.1 Å². The third-order valence-electron chi connectivity index (χ3n) is 8.50. The number of halogens is 1. The van der Waals surface area contributed by atoms with E-state index in [2.05, 4.69) is 16.0 Å². The van der Waals surface area contributed by atoms with E-state index in [1.807, 2.05) is 30.3 Å². The predicted molar refractivity (Wildman–Crippen MR) is 147 cm³/mol. The molecular weight excluding hydrogens is 477 g/mol. The fraction of sp³-hybridized carbons (Fsp3) is 0.406. The molecule has 6 heteroatoms. The average molecular weight is 514 g/mol. The van der Waals surface area contributed by atoms with Crippen molar-refractivity contribution in [3.8, 4) is 11.3 Å². The van der Waals surface area contributed by atoms with Crippen molar-refractivity contribution in [1.29, 1.82) is 0 Å². The Labute approximate surface area is 224 Å². The molecule has 2 aromatic carbocycles. The monoisotopic (exact) mass is 513 g/mol. The Morgan fingerprint density at radius 2 is 1.66 bits per heavy atom. The molecule has 1 saturated heterocycles. The summed E-state index contributed by atoms with van der Waals surface area (Å²) in [5.41, 5.74) is 9.98. The minimum Gasteiger partial charge on any atom is -0.366 e. The summed E-state index contributed by atoms with van der Waals surface area (Å²) in [5, 5.41) is 0. The van der Waals surface area contributed by atoms with E-state index in [9.17, 15) is 14.0 Å². The number of nitrogens with two attached hydrogens (primary N) is 1. The number of amides is 1. The van der Waals surface area contributed by atoms with Gasteiger partial charge in [0.25, 0.3) is 0 Å². The van der Waals surface area contributed by atoms with Crippen LogP contribution in [0.5, 0.6) is 0 Å². The summed E-state index contributed by atoms with van der Waals surface area (Å²) in [6.07, 6.45) is 9.10. The number of piperidine rings is 1. The first kappa shape index (κ1) is 26.2. The number of rotatable bonds is 8. The molecule has 0 bridgehead atoms. The lowest BCUT2D eigenvalue weighted by Crippen LogP contribution is -2.37. The Kier molecular flexibility index (Phi) is 8.28. The molecule has 1 aromatic heterocycles. The Morgan fingerprint density at radius 1 is 0.921 bits per heavy atom. The van der Waals surface area contributed by atoms with E-state index in [1.165, 1.54) is 18.6 Å². The number of benzene rings is 2. The first-order valence-electron chi connectivity index (χ1n) is 13.8. The molecule has 2 aliphatic rings. The summed E-state index contributed by atoms with van der Waals surface area (Å²) >= 11 is 0. The summed E-state index contributed by atoms with van der Waals surface area (Å²) < 4.78 is 13.2. The van der Waals surface area contributed by atoms with Gasteiger partial charge in [-0.3, -0.25) is 14.6 Å². The van der Waals surface area contributed by atoms with Crippen LogP contribution in [-0.2, 0) is 0 Å². The van der Waals surface area contributed by atoms with Crippen molar-refractivity contribution in [1.82, 2.24) is 9.88 Å². The van der Waals surface area contributed by atoms with Crippen LogP contribution in [0.3, 0.4) is 0 Å². The minimum absolute atomic E-state index is 0.0356. The number of hydrogen-bond donors (Lipinski definition) is 1. The van der Waals surface area contributed by atoms with Crippen molar-refractivity contribution < 1.29 is 14.0 Å². The lowest BCUT2D eigenvalue weighted by Gasteiger charge is -2.34. The fourth-order valence-corrected chi connectivity index (χ4v) is 6.21. The van der Waals surface area contributed by atoms with E-state index >= 15 is 0 Å². The van der Waals surface area contributed by atoms with Crippen LogP contribution < -0.4 is 5.73 Å². The first-order valence-corrected chi connectivity index (χ1v) is 13.8. The number of pyridine rings is 1. The molecule has 1 amide bonds. The fourth-order valence-electron chi connectivity index (χ4n) is 6.21. The predicted octanol–water partition coefficient (Wildman–Crippen LogP) is 6.25. The normalized spacial score (nSPS) is 20.8. The maximum atomic E-state index is 13.2. The maximum absolute atomic E-state index is 13.2. The molecule has 2 heterocycles. The zero-order chi connectivity index (χ0) is 26.5. The Bertz CT molecular complexity index is 1250. The highest BCUT2D eigenvalue weighted by Gasteiger charge is 2.28. The molecule has 1 saturated carbocycles. The topological polar surface area (TPSA) is 76.3 Å². The van der Waals surface area contributed by atoms with Gasteiger partial charge in [-0.2, -0.15) is 0 Å². The number of ketones is 1. The van der Waals surface area contributed by atoms with E-state index in [0.717, 1.165) is 75.0 Å². The highest BCUT2D eigenvalue weighted by molar-refractivity contribution is 5.98. The van der Waals surface area contributed by atoms with Crippen LogP contribution in [0.4, 0.5) is 4.39 Å². The van der Waals surface area contributed by atoms with Crippen LogP contribution in [0.25, 0.3) is 11.3 Å². The van der Waals surface area contributed by atoms with E-state index in [4.69, 9.17) is 5.73 Å². The molecular formula is C32H36FN3O2. The van der Waals surface area contributed by atoms with Gasteiger partial charge >= 0.3 is 0 Å². The lowest BCUT2D eigenvalue weighted by atomic mass is 9.76. The third kappa shape index (κ3) is 6.18. The van der Waals surface area contributed by atoms with Gasteiger partial charge < -0.3 is 10.6 Å². The van der Waals surface area contributed by atoms with Crippen LogP contribution in [0.15, 0.2) is 66.9 Å². The van der Waals surface area contributed by atoms with Crippen LogP contribution in [-0.4, -0.2) is 41.2 Å². The molecule has 0 unspecified atom stereocenters. The molecule has 2 N–H and O–H groups in total. The summed E-state index contributed by atoms with van der Waals surface area (Å²) in [6, 6.07) is 17.7. The Hall–Kier alpha value is -3.38. The summed E-state index contributed by atoms with van der Waals surface area (Å²) in [7, 11) is 0. The summed E-state index contributed by atoms with van der Waals surface area (Å²) in [6.45, 7) is 2.94. The Morgan fingerprint density at radius 3 is 2.32 bits per heavy atom. The van der Waals surface area contributed by atoms with Crippen molar-refractivity contribution in [3.63, 3.8) is 0 Å². The zero-order valence-corrected chi connectivity index (χ0v) is 21.8. The number of hydrogen-bond acceptors (Lipinski definition) is 4. The third-order valence-corrected chi connectivity index (χ3v) is 8.50. The number of carbonyl (C=O) groups is 2. The van der Waals surface area contributed by atoms with E-state index in [-0.39, 0.29) is 23.4 Å². The van der Waals surface area contributed by atoms with Gasteiger partial charge in [-0.15, -0.1) is 0 Å². The molecule has 2 fully saturated rings. The van der Waals surface area contributed by atoms with Gasteiger partial charge in [-0.05, 0) is 131 Å². The van der Waals surface area contributed by atoms with Crippen molar-refractivity contribution in [2.75, 3.05) is 19.6 Å². The van der Waals surface area contributed by atoms with Crippen LogP contribution >= 0.6 is 0 Å². The second kappa shape index (κ2) is 12.0. The molecule has 1 aliphatic carbocycles. The van der Waals surface area contributed by atoms with Gasteiger partial charge in [0, 0.05) is 28.8 Å². The standard InChI is InChI=1S/C32H36FN3O2/c33-27-11-8-24(9-12-27)31(37)25-15-19-36(20-16-25)18-14-22-4-6-23(7-5-22)29-21-26(10-13-28(29)32(34)38)30-3-1-2-17-35-30/h1-3,8-13,17,21-23,25H,4-7,14-16,18-20H2,(H2,34,38). The number of primary amides is 1. The molecule has 0 spiro atoms. The largest absolute Gasteiger partial charge is 0.366 e. The van der Waals surface area contributed by atoms with Gasteiger partial charge in [0.15, 0.2) is 5.78 Å². The highest BCUT2D eigenvalue weighted by Crippen LogP contribution is 2.39. The van der Waals surface area contributed by atoms with Crippen LogP contribution in [0.2, 0.25) is 0 Å². The Balaban J connectivity index is 1.11. The molecule has 5 nitrogen and oxygen atoms in total. The van der Waals surface area contributed by atoms with Gasteiger partial charge in [-0.25, -0.2) is 4.39 Å². The molecule has 0 atom stereocenters. The number of nitrogens with zero attached hydrogens (tertiary/aromatic N) is 2. The van der Waals surface area contributed by atoms with Crippen molar-refractivity contribution in [2.45, 2.75) is 50.9 Å². The van der Waals surface area contributed by atoms with Gasteiger partial charge in [0.2, 0.25) is 5.91 Å². The molecule has 1 aliphatic heterocycles. The molecule has 5 rings (SSSR count). The zero-order valence-electron chi connectivity index (χ0n) is 21.8. The van der Waals surface area contributed by atoms with Gasteiger partial charge in [-0.1, -0.05) is 12.1 Å². The minimum atomic E-state index is -0.365. The van der Waals surface area contributed by atoms with Crippen molar-refractivity contribution >= 4 is 11.7 Å². The highest BCUT2D eigenvalue weighted by atomic mass is 19.1. The average Bonchev–Trinajstić information content (AvgIpc) is 2.97. The maximum Gasteiger partial charge on any atom is 0.248 e.